The van der Waals surface area contributed by atoms with Crippen molar-refractivity contribution in [1.82, 2.24) is 26.2 Å². The lowest BCUT2D eigenvalue weighted by atomic mass is 10.0. The highest BCUT2D eigenvalue weighted by atomic mass is 16.6. The molecular formula is C37H55N7O10. The van der Waals surface area contributed by atoms with Crippen LogP contribution in [0.25, 0.3) is 0 Å². The molecule has 0 unspecified atom stereocenters. The van der Waals surface area contributed by atoms with Crippen LogP contribution in [-0.4, -0.2) is 109 Å². The van der Waals surface area contributed by atoms with Crippen LogP contribution in [0.2, 0.25) is 0 Å². The van der Waals surface area contributed by atoms with Gasteiger partial charge in [-0.1, -0.05) is 13.8 Å². The van der Waals surface area contributed by atoms with Gasteiger partial charge >= 0.3 is 12.0 Å². The number of ether oxygens (including phenoxy) is 2. The standard InChI is InChI=1S/C37H55N7O10/c1-24(2)32(40-18-6-8-27(45)17-22-53-23-20-39-29(46)16-21-44-30(47)14-15-31(44)48)34(50)43-28(9-7-19-41-36(38)52)33(49)42-26-12-10-25(11-13-26)35(51)54-37(3,4)5/h10-15,24,28,32,40H,6-9,16-23H2,1-5H3,(H,39,46)(H,42,49)(H,43,50)(H3,38,41,52)/t28-,32-/m0/s1. The van der Waals surface area contributed by atoms with E-state index in [1.807, 2.05) is 13.8 Å². The van der Waals surface area contributed by atoms with Crippen LogP contribution in [0.5, 0.6) is 0 Å². The molecule has 7 amide bonds. The zero-order chi connectivity index (χ0) is 40.3. The Labute approximate surface area is 315 Å². The van der Waals surface area contributed by atoms with Crippen LogP contribution >= 0.6 is 0 Å². The predicted octanol–water partition coefficient (Wildman–Crippen LogP) is 1.32. The topological polar surface area (TPSA) is 244 Å². The van der Waals surface area contributed by atoms with Gasteiger partial charge < -0.3 is 41.8 Å². The first-order valence-corrected chi connectivity index (χ1v) is 18.1. The van der Waals surface area contributed by atoms with Gasteiger partial charge in [0.05, 0.1) is 24.8 Å². The van der Waals surface area contributed by atoms with Gasteiger partial charge in [-0.25, -0.2) is 9.59 Å². The van der Waals surface area contributed by atoms with Crippen molar-refractivity contribution in [2.24, 2.45) is 11.7 Å². The number of carbonyl (C=O) groups excluding carboxylic acids is 8. The fourth-order valence-electron chi connectivity index (χ4n) is 5.11. The number of carbonyl (C=O) groups is 8. The van der Waals surface area contributed by atoms with Crippen LogP contribution in [-0.2, 0) is 38.2 Å². The molecule has 0 saturated carbocycles. The van der Waals surface area contributed by atoms with E-state index in [0.29, 0.717) is 30.6 Å². The summed E-state index contributed by atoms with van der Waals surface area (Å²) in [4.78, 5) is 98.6. The maximum Gasteiger partial charge on any atom is 0.338 e. The molecule has 17 heteroatoms. The monoisotopic (exact) mass is 757 g/mol. The summed E-state index contributed by atoms with van der Waals surface area (Å²) in [6.45, 7) is 10.1. The fraction of sp³-hybridized carbons (Fsp3) is 0.568. The Morgan fingerprint density at radius 1 is 0.815 bits per heavy atom. The summed E-state index contributed by atoms with van der Waals surface area (Å²) in [5.41, 5.74) is 5.21. The number of primary amides is 1. The molecule has 0 radical (unpaired) electrons. The number of nitrogens with two attached hydrogens (primary N) is 1. The molecule has 2 rings (SSSR count). The Morgan fingerprint density at radius 2 is 1.48 bits per heavy atom. The minimum absolute atomic E-state index is 0.00508. The molecule has 0 bridgehead atoms. The average Bonchev–Trinajstić information content (AvgIpc) is 3.41. The zero-order valence-electron chi connectivity index (χ0n) is 31.8. The molecule has 1 aliphatic heterocycles. The van der Waals surface area contributed by atoms with Gasteiger partial charge in [-0.3, -0.25) is 33.7 Å². The van der Waals surface area contributed by atoms with Gasteiger partial charge in [0.2, 0.25) is 17.7 Å². The fourth-order valence-corrected chi connectivity index (χ4v) is 5.11. The van der Waals surface area contributed by atoms with Crippen LogP contribution < -0.4 is 32.3 Å². The first-order valence-electron chi connectivity index (χ1n) is 18.1. The van der Waals surface area contributed by atoms with Crippen molar-refractivity contribution >= 4 is 53.0 Å². The summed E-state index contributed by atoms with van der Waals surface area (Å²) in [6.07, 6.45) is 3.74. The number of rotatable bonds is 24. The van der Waals surface area contributed by atoms with Gasteiger partial charge in [0.15, 0.2) is 0 Å². The number of imide groups is 1. The highest BCUT2D eigenvalue weighted by Crippen LogP contribution is 2.16. The lowest BCUT2D eigenvalue weighted by molar-refractivity contribution is -0.137. The third-order valence-corrected chi connectivity index (χ3v) is 7.89. The van der Waals surface area contributed by atoms with Gasteiger partial charge in [-0.15, -0.1) is 0 Å². The smallest absolute Gasteiger partial charge is 0.338 e. The number of hydrogen-bond donors (Lipinski definition) is 6. The van der Waals surface area contributed by atoms with E-state index in [2.05, 4.69) is 26.6 Å². The first kappa shape index (κ1) is 45.0. The predicted molar refractivity (Wildman–Crippen MR) is 199 cm³/mol. The summed E-state index contributed by atoms with van der Waals surface area (Å²) in [6, 6.07) is 3.85. The number of urea groups is 1. The van der Waals surface area contributed by atoms with Gasteiger partial charge in [0.25, 0.3) is 11.8 Å². The van der Waals surface area contributed by atoms with Gasteiger partial charge in [-0.2, -0.15) is 0 Å². The Balaban J connectivity index is 1.77. The zero-order valence-corrected chi connectivity index (χ0v) is 31.8. The van der Waals surface area contributed by atoms with Crippen molar-refractivity contribution in [2.75, 3.05) is 44.7 Å². The molecule has 0 saturated heterocycles. The lowest BCUT2D eigenvalue weighted by Crippen LogP contribution is -2.53. The Hall–Kier alpha value is -5.16. The number of esters is 1. The number of nitrogens with one attached hydrogen (secondary N) is 5. The van der Waals surface area contributed by atoms with E-state index >= 15 is 0 Å². The molecule has 0 fully saturated rings. The molecule has 0 aliphatic carbocycles. The average molecular weight is 758 g/mol. The Kier molecular flexibility index (Phi) is 19.0. The molecule has 1 aliphatic rings. The van der Waals surface area contributed by atoms with Gasteiger partial charge in [0, 0.05) is 56.7 Å². The third-order valence-electron chi connectivity index (χ3n) is 7.89. The number of nitrogens with zero attached hydrogens (tertiary/aromatic N) is 1. The second-order valence-electron chi connectivity index (χ2n) is 14.0. The quantitative estimate of drug-likeness (QED) is 0.0499. The number of Topliss-reactive ketones (excluding diaryl/α,β-unsaturated/α-hetero) is 1. The first-order chi connectivity index (χ1) is 25.5. The SMILES string of the molecule is CC(C)[C@H](NCCCC(=O)CCOCCNC(=O)CCN1C(=O)C=CC1=O)C(=O)N[C@@H](CCCNC(N)=O)C(=O)Nc1ccc(C(=O)OC(C)(C)C)cc1. The molecule has 1 aromatic rings. The summed E-state index contributed by atoms with van der Waals surface area (Å²) in [7, 11) is 0. The normalized spacial score (nSPS) is 13.7. The summed E-state index contributed by atoms with van der Waals surface area (Å²) in [5, 5.41) is 13.9. The number of benzene rings is 1. The number of anilines is 1. The molecule has 2 atom stereocenters. The molecule has 1 heterocycles. The van der Waals surface area contributed by atoms with Crippen molar-refractivity contribution in [3.8, 4) is 0 Å². The van der Waals surface area contributed by atoms with E-state index in [9.17, 15) is 38.4 Å². The molecule has 0 aromatic heterocycles. The second kappa shape index (κ2) is 22.8. The van der Waals surface area contributed by atoms with Crippen molar-refractivity contribution in [3.63, 3.8) is 0 Å². The molecular weight excluding hydrogens is 702 g/mol. The molecule has 1 aromatic carbocycles. The van der Waals surface area contributed by atoms with E-state index in [1.54, 1.807) is 32.9 Å². The van der Waals surface area contributed by atoms with Crippen molar-refractivity contribution in [2.45, 2.75) is 90.8 Å². The summed E-state index contributed by atoms with van der Waals surface area (Å²) < 4.78 is 10.8. The Bertz CT molecular complexity index is 1490. The highest BCUT2D eigenvalue weighted by molar-refractivity contribution is 6.13. The van der Waals surface area contributed by atoms with Crippen LogP contribution in [0.15, 0.2) is 36.4 Å². The minimum atomic E-state index is -0.959. The Morgan fingerprint density at radius 3 is 2.09 bits per heavy atom. The van der Waals surface area contributed by atoms with E-state index < -0.39 is 53.3 Å². The van der Waals surface area contributed by atoms with Crippen molar-refractivity contribution in [3.05, 3.63) is 42.0 Å². The number of amides is 7. The summed E-state index contributed by atoms with van der Waals surface area (Å²) >= 11 is 0. The van der Waals surface area contributed by atoms with E-state index in [1.165, 1.54) is 12.1 Å². The van der Waals surface area contributed by atoms with Gasteiger partial charge in [0.1, 0.15) is 17.4 Å². The van der Waals surface area contributed by atoms with Gasteiger partial charge in [-0.05, 0) is 76.8 Å². The highest BCUT2D eigenvalue weighted by Gasteiger charge is 2.28. The van der Waals surface area contributed by atoms with Crippen LogP contribution in [0, 0.1) is 5.92 Å². The maximum atomic E-state index is 13.4. The third kappa shape index (κ3) is 17.6. The van der Waals surface area contributed by atoms with Crippen molar-refractivity contribution < 1.29 is 47.8 Å². The number of hydrogen-bond acceptors (Lipinski definition) is 11. The van der Waals surface area contributed by atoms with Crippen molar-refractivity contribution in [1.29, 1.82) is 0 Å². The molecule has 54 heavy (non-hydrogen) atoms. The lowest BCUT2D eigenvalue weighted by Gasteiger charge is -2.25. The van der Waals surface area contributed by atoms with E-state index in [0.717, 1.165) is 17.1 Å². The van der Waals surface area contributed by atoms with E-state index in [-0.39, 0.29) is 76.1 Å². The molecule has 0 spiro atoms. The second-order valence-corrected chi connectivity index (χ2v) is 14.0. The minimum Gasteiger partial charge on any atom is -0.456 e. The van der Waals surface area contributed by atoms with E-state index in [4.69, 9.17) is 15.2 Å². The molecule has 7 N–H and O–H groups in total. The van der Waals surface area contributed by atoms with Crippen LogP contribution in [0.4, 0.5) is 10.5 Å². The largest absolute Gasteiger partial charge is 0.456 e. The number of ketones is 1. The molecule has 298 valence electrons. The maximum absolute atomic E-state index is 13.4. The molecule has 17 nitrogen and oxygen atoms in total. The van der Waals surface area contributed by atoms with Crippen LogP contribution in [0.1, 0.15) is 83.5 Å². The van der Waals surface area contributed by atoms with Crippen LogP contribution in [0.3, 0.4) is 0 Å². The summed E-state index contributed by atoms with van der Waals surface area (Å²) in [5.74, 6) is -2.80.